The molecule has 10 heteroatoms. The van der Waals surface area contributed by atoms with Crippen LogP contribution in [-0.2, 0) is 16.0 Å². The first-order valence-corrected chi connectivity index (χ1v) is 10.5. The summed E-state index contributed by atoms with van der Waals surface area (Å²) in [5.41, 5.74) is 0.862. The third-order valence-corrected chi connectivity index (χ3v) is 6.23. The van der Waals surface area contributed by atoms with Gasteiger partial charge in [0, 0.05) is 18.0 Å². The molecule has 1 N–H and O–H groups in total. The van der Waals surface area contributed by atoms with Crippen LogP contribution in [0.1, 0.15) is 23.9 Å². The molecule has 2 heterocycles. The molecule has 0 saturated carbocycles. The van der Waals surface area contributed by atoms with Gasteiger partial charge in [-0.1, -0.05) is 66.0 Å². The van der Waals surface area contributed by atoms with Gasteiger partial charge in [-0.2, -0.15) is 0 Å². The van der Waals surface area contributed by atoms with Crippen LogP contribution in [0.15, 0.2) is 29.2 Å². The Morgan fingerprint density at radius 3 is 2.74 bits per heavy atom. The predicted molar refractivity (Wildman–Crippen MR) is 114 cm³/mol. The Labute approximate surface area is 175 Å². The van der Waals surface area contributed by atoms with Crippen LogP contribution in [0.3, 0.4) is 0 Å². The summed E-state index contributed by atoms with van der Waals surface area (Å²) >= 11 is 13.7. The molecule has 27 heavy (non-hydrogen) atoms. The van der Waals surface area contributed by atoms with Gasteiger partial charge in [-0.15, -0.1) is 10.2 Å². The molecule has 1 saturated heterocycles. The van der Waals surface area contributed by atoms with Crippen molar-refractivity contribution in [3.05, 3.63) is 44.8 Å². The largest absolute Gasteiger partial charge is 0.300 e. The summed E-state index contributed by atoms with van der Waals surface area (Å²) in [7, 11) is 0. The second kappa shape index (κ2) is 8.92. The third-order valence-electron chi connectivity index (χ3n) is 3.62. The van der Waals surface area contributed by atoms with E-state index >= 15 is 0 Å². The average molecular weight is 439 g/mol. The molecule has 1 aliphatic rings. The quantitative estimate of drug-likeness (QED) is 0.543. The van der Waals surface area contributed by atoms with E-state index in [-0.39, 0.29) is 24.8 Å². The van der Waals surface area contributed by atoms with Gasteiger partial charge >= 0.3 is 0 Å². The fraction of sp³-hybridized carbons (Fsp3) is 0.235. The number of rotatable bonds is 6. The molecule has 1 fully saturated rings. The number of thiocarbonyl (C=S) groups is 1. The summed E-state index contributed by atoms with van der Waals surface area (Å²) in [5.74, 6) is -0.429. The maximum Gasteiger partial charge on any atom is 0.266 e. The van der Waals surface area contributed by atoms with Crippen LogP contribution in [0.5, 0.6) is 0 Å². The van der Waals surface area contributed by atoms with Gasteiger partial charge in [0.2, 0.25) is 11.0 Å². The highest BCUT2D eigenvalue weighted by Crippen LogP contribution is 2.32. The van der Waals surface area contributed by atoms with Crippen molar-refractivity contribution in [3.63, 3.8) is 0 Å². The van der Waals surface area contributed by atoms with Crippen LogP contribution >= 0.6 is 46.9 Å². The molecule has 0 atom stereocenters. The van der Waals surface area contributed by atoms with Gasteiger partial charge in [-0.05, 0) is 30.2 Å². The molecule has 1 aromatic heterocycles. The highest BCUT2D eigenvalue weighted by Gasteiger charge is 2.32. The van der Waals surface area contributed by atoms with Crippen LogP contribution in [-0.4, -0.2) is 37.8 Å². The summed E-state index contributed by atoms with van der Waals surface area (Å²) in [6.45, 7) is 2.19. The lowest BCUT2D eigenvalue weighted by molar-refractivity contribution is -0.122. The Hall–Kier alpha value is -1.81. The van der Waals surface area contributed by atoms with E-state index in [1.165, 1.54) is 28.0 Å². The second-order valence-corrected chi connectivity index (χ2v) is 8.71. The summed E-state index contributed by atoms with van der Waals surface area (Å²) < 4.78 is 0.442. The fourth-order valence-corrected chi connectivity index (χ4v) is 4.38. The van der Waals surface area contributed by atoms with Crippen molar-refractivity contribution in [1.82, 2.24) is 15.1 Å². The molecule has 2 aromatic rings. The Morgan fingerprint density at radius 2 is 2.07 bits per heavy atom. The number of hydrogen-bond donors (Lipinski definition) is 1. The Balaban J connectivity index is 1.58. The highest BCUT2D eigenvalue weighted by atomic mass is 35.5. The first kappa shape index (κ1) is 19.9. The van der Waals surface area contributed by atoms with Gasteiger partial charge in [-0.25, -0.2) is 0 Å². The normalized spacial score (nSPS) is 15.6. The number of amides is 2. The van der Waals surface area contributed by atoms with Crippen molar-refractivity contribution in [1.29, 1.82) is 0 Å². The maximum absolute atomic E-state index is 12.6. The van der Waals surface area contributed by atoms with Crippen molar-refractivity contribution in [2.24, 2.45) is 0 Å². The zero-order chi connectivity index (χ0) is 19.4. The summed E-state index contributed by atoms with van der Waals surface area (Å²) in [4.78, 5) is 26.6. The molecule has 3 rings (SSSR count). The van der Waals surface area contributed by atoms with E-state index in [0.29, 0.717) is 19.4 Å². The SMILES string of the molecule is CCc1nnc(NC(=O)CCN2C(=O)C(=Cc3ccc(Cl)cc3)SC2=S)s1. The van der Waals surface area contributed by atoms with Crippen LogP contribution in [0.4, 0.5) is 5.13 Å². The molecule has 1 aliphatic heterocycles. The van der Waals surface area contributed by atoms with E-state index < -0.39 is 0 Å². The molecular formula is C17H15ClN4O2S3. The first-order valence-electron chi connectivity index (χ1n) is 8.09. The Kier molecular flexibility index (Phi) is 6.59. The van der Waals surface area contributed by atoms with E-state index in [9.17, 15) is 9.59 Å². The molecule has 2 amide bonds. The molecule has 0 bridgehead atoms. The van der Waals surface area contributed by atoms with E-state index in [2.05, 4.69) is 15.5 Å². The lowest BCUT2D eigenvalue weighted by Crippen LogP contribution is -2.31. The second-order valence-electron chi connectivity index (χ2n) is 5.54. The molecule has 0 aliphatic carbocycles. The third kappa shape index (κ3) is 5.13. The number of nitrogens with zero attached hydrogens (tertiary/aromatic N) is 3. The van der Waals surface area contributed by atoms with Crippen LogP contribution in [0.25, 0.3) is 6.08 Å². The number of aromatic nitrogens is 2. The lowest BCUT2D eigenvalue weighted by atomic mass is 10.2. The van der Waals surface area contributed by atoms with E-state index in [4.69, 9.17) is 23.8 Å². The minimum absolute atomic E-state index is 0.127. The van der Waals surface area contributed by atoms with Gasteiger partial charge in [0.15, 0.2) is 0 Å². The standard InChI is InChI=1S/C17H15ClN4O2S3/c1-2-14-20-21-16(27-14)19-13(23)7-8-22-15(24)12(26-17(22)25)9-10-3-5-11(18)6-4-10/h3-6,9H,2,7-8H2,1H3,(H,19,21,23). The van der Waals surface area contributed by atoms with Gasteiger partial charge < -0.3 is 5.32 Å². The number of carbonyl (C=O) groups excluding carboxylic acids is 2. The molecule has 140 valence electrons. The number of carbonyl (C=O) groups is 2. The zero-order valence-corrected chi connectivity index (χ0v) is 17.5. The zero-order valence-electron chi connectivity index (χ0n) is 14.3. The highest BCUT2D eigenvalue weighted by molar-refractivity contribution is 8.26. The molecule has 0 spiro atoms. The number of thioether (sulfide) groups is 1. The summed E-state index contributed by atoms with van der Waals surface area (Å²) in [6, 6.07) is 7.18. The molecule has 6 nitrogen and oxygen atoms in total. The molecule has 0 radical (unpaired) electrons. The van der Waals surface area contributed by atoms with Crippen LogP contribution in [0.2, 0.25) is 5.02 Å². The van der Waals surface area contributed by atoms with Gasteiger partial charge in [0.05, 0.1) is 4.91 Å². The van der Waals surface area contributed by atoms with E-state index in [1.54, 1.807) is 18.2 Å². The monoisotopic (exact) mass is 438 g/mol. The number of aryl methyl sites for hydroxylation is 1. The van der Waals surface area contributed by atoms with Crippen LogP contribution in [0, 0.1) is 0 Å². The van der Waals surface area contributed by atoms with E-state index in [1.807, 2.05) is 19.1 Å². The van der Waals surface area contributed by atoms with Gasteiger partial charge in [-0.3, -0.25) is 14.5 Å². The smallest absolute Gasteiger partial charge is 0.266 e. The van der Waals surface area contributed by atoms with Gasteiger partial charge in [0.25, 0.3) is 5.91 Å². The van der Waals surface area contributed by atoms with Crippen molar-refractivity contribution in [2.45, 2.75) is 19.8 Å². The molecule has 0 unspecified atom stereocenters. The Morgan fingerprint density at radius 1 is 1.33 bits per heavy atom. The maximum atomic E-state index is 12.6. The summed E-state index contributed by atoms with van der Waals surface area (Å²) in [5, 5.41) is 12.5. The lowest BCUT2D eigenvalue weighted by Gasteiger charge is -2.13. The number of nitrogens with one attached hydrogen (secondary N) is 1. The average Bonchev–Trinajstić information content (AvgIpc) is 3.20. The van der Waals surface area contributed by atoms with Gasteiger partial charge in [0.1, 0.15) is 9.33 Å². The van der Waals surface area contributed by atoms with Crippen molar-refractivity contribution in [2.75, 3.05) is 11.9 Å². The minimum Gasteiger partial charge on any atom is -0.300 e. The Bertz CT molecular complexity index is 911. The number of benzene rings is 1. The number of halogens is 1. The summed E-state index contributed by atoms with van der Waals surface area (Å²) in [6.07, 6.45) is 2.66. The van der Waals surface area contributed by atoms with E-state index in [0.717, 1.165) is 17.0 Å². The fourth-order valence-electron chi connectivity index (χ4n) is 2.25. The number of anilines is 1. The van der Waals surface area contributed by atoms with Crippen molar-refractivity contribution < 1.29 is 9.59 Å². The number of hydrogen-bond acceptors (Lipinski definition) is 7. The molecule has 1 aromatic carbocycles. The van der Waals surface area contributed by atoms with Crippen LogP contribution < -0.4 is 5.32 Å². The molecular weight excluding hydrogens is 424 g/mol. The van der Waals surface area contributed by atoms with Crippen molar-refractivity contribution >= 4 is 74.3 Å². The topological polar surface area (TPSA) is 75.2 Å². The predicted octanol–water partition coefficient (Wildman–Crippen LogP) is 3.98. The van der Waals surface area contributed by atoms with Crippen molar-refractivity contribution in [3.8, 4) is 0 Å². The minimum atomic E-state index is -0.232. The first-order chi connectivity index (χ1) is 13.0.